The zero-order valence-corrected chi connectivity index (χ0v) is 12.0. The molecule has 1 atom stereocenters. The Balaban J connectivity index is 2.33. The predicted molar refractivity (Wildman–Crippen MR) is 79.5 cm³/mol. The molecule has 100 valence electrons. The Bertz CT molecular complexity index is 585. The lowest BCUT2D eigenvalue weighted by Crippen LogP contribution is -2.24. The molecule has 0 aliphatic heterocycles. The second-order valence-corrected chi connectivity index (χ2v) is 5.01. The van der Waals surface area contributed by atoms with Crippen molar-refractivity contribution in [1.82, 2.24) is 9.97 Å². The van der Waals surface area contributed by atoms with E-state index in [2.05, 4.69) is 21.8 Å². The topological polar surface area (TPSA) is 55.0 Å². The van der Waals surface area contributed by atoms with Gasteiger partial charge in [0.1, 0.15) is 5.82 Å². The fraction of sp³-hybridized carbons (Fsp3) is 0.286. The van der Waals surface area contributed by atoms with Gasteiger partial charge in [-0.3, -0.25) is 0 Å². The van der Waals surface area contributed by atoms with Crippen LogP contribution in [0.2, 0.25) is 5.02 Å². The minimum absolute atomic E-state index is 0.145. The lowest BCUT2D eigenvalue weighted by molar-refractivity contribution is 0.725. The maximum atomic E-state index is 6.03. The average molecular weight is 277 g/mol. The van der Waals surface area contributed by atoms with Crippen LogP contribution in [0.4, 0.5) is 11.8 Å². The van der Waals surface area contributed by atoms with E-state index in [1.165, 1.54) is 0 Å². The van der Waals surface area contributed by atoms with Gasteiger partial charge in [0.2, 0.25) is 5.95 Å². The van der Waals surface area contributed by atoms with Crippen LogP contribution in [0.25, 0.3) is 0 Å². The summed E-state index contributed by atoms with van der Waals surface area (Å²) in [7, 11) is 1.99. The number of nitrogens with two attached hydrogens (primary N) is 1. The normalized spacial score (nSPS) is 12.2. The van der Waals surface area contributed by atoms with E-state index in [1.807, 2.05) is 38.2 Å². The van der Waals surface area contributed by atoms with Crippen molar-refractivity contribution in [3.05, 3.63) is 46.6 Å². The molecule has 1 unspecified atom stereocenters. The van der Waals surface area contributed by atoms with Crippen LogP contribution in [0, 0.1) is 6.92 Å². The lowest BCUT2D eigenvalue weighted by Gasteiger charge is -2.27. The summed E-state index contributed by atoms with van der Waals surface area (Å²) in [5.74, 6) is 1.12. The third-order valence-corrected chi connectivity index (χ3v) is 3.44. The Kier molecular flexibility index (Phi) is 3.90. The predicted octanol–water partition coefficient (Wildman–Crippen LogP) is 3.22. The minimum Gasteiger partial charge on any atom is -0.368 e. The molecule has 0 amide bonds. The fourth-order valence-electron chi connectivity index (χ4n) is 1.98. The van der Waals surface area contributed by atoms with E-state index in [-0.39, 0.29) is 12.0 Å². The van der Waals surface area contributed by atoms with Gasteiger partial charge in [0.15, 0.2) is 0 Å². The van der Waals surface area contributed by atoms with Crippen LogP contribution >= 0.6 is 11.6 Å². The molecule has 0 bridgehead atoms. The van der Waals surface area contributed by atoms with Gasteiger partial charge < -0.3 is 10.6 Å². The Labute approximate surface area is 118 Å². The van der Waals surface area contributed by atoms with Gasteiger partial charge in [0.25, 0.3) is 0 Å². The van der Waals surface area contributed by atoms with E-state index in [4.69, 9.17) is 17.3 Å². The summed E-state index contributed by atoms with van der Waals surface area (Å²) in [6, 6.07) is 7.97. The molecule has 1 aromatic heterocycles. The zero-order valence-electron chi connectivity index (χ0n) is 11.3. The van der Waals surface area contributed by atoms with Crippen molar-refractivity contribution in [3.63, 3.8) is 0 Å². The first-order valence-corrected chi connectivity index (χ1v) is 6.44. The quantitative estimate of drug-likeness (QED) is 0.935. The molecule has 0 spiro atoms. The van der Waals surface area contributed by atoms with Gasteiger partial charge in [-0.05, 0) is 31.5 Å². The van der Waals surface area contributed by atoms with Gasteiger partial charge in [0, 0.05) is 23.8 Å². The van der Waals surface area contributed by atoms with Crippen molar-refractivity contribution in [2.24, 2.45) is 0 Å². The van der Waals surface area contributed by atoms with E-state index in [9.17, 15) is 0 Å². The van der Waals surface area contributed by atoms with E-state index >= 15 is 0 Å². The minimum atomic E-state index is 0.145. The number of anilines is 2. The number of aryl methyl sites for hydroxylation is 1. The summed E-state index contributed by atoms with van der Waals surface area (Å²) in [5, 5.41) is 0.733. The zero-order chi connectivity index (χ0) is 14.0. The molecular weight excluding hydrogens is 260 g/mol. The molecule has 1 aromatic carbocycles. The number of benzene rings is 1. The molecule has 0 radical (unpaired) electrons. The molecule has 1 heterocycles. The van der Waals surface area contributed by atoms with Crippen molar-refractivity contribution in [2.45, 2.75) is 19.9 Å². The highest BCUT2D eigenvalue weighted by atomic mass is 35.5. The summed E-state index contributed by atoms with van der Waals surface area (Å²) in [5.41, 5.74) is 7.78. The molecule has 2 rings (SSSR count). The smallest absolute Gasteiger partial charge is 0.221 e. The third-order valence-electron chi connectivity index (χ3n) is 3.21. The molecule has 0 aliphatic carbocycles. The van der Waals surface area contributed by atoms with Crippen LogP contribution in [-0.4, -0.2) is 17.0 Å². The average Bonchev–Trinajstić information content (AvgIpc) is 2.40. The first-order chi connectivity index (χ1) is 8.99. The molecule has 2 N–H and O–H groups in total. The first kappa shape index (κ1) is 13.6. The number of aromatic nitrogens is 2. The summed E-state index contributed by atoms with van der Waals surface area (Å²) < 4.78 is 0. The standard InChI is InChI=1S/C14H17ClN4/c1-9-8-17-14(16)18-13(9)19(3)10(2)11-5-4-6-12(15)7-11/h4-8,10H,1-3H3,(H2,16,17,18). The van der Waals surface area contributed by atoms with Gasteiger partial charge in [-0.15, -0.1) is 0 Å². The largest absolute Gasteiger partial charge is 0.368 e. The number of nitrogen functional groups attached to an aromatic ring is 1. The Morgan fingerprint density at radius 1 is 1.37 bits per heavy atom. The highest BCUT2D eigenvalue weighted by Gasteiger charge is 2.16. The monoisotopic (exact) mass is 276 g/mol. The first-order valence-electron chi connectivity index (χ1n) is 6.06. The summed E-state index contributed by atoms with van der Waals surface area (Å²) >= 11 is 6.03. The number of hydrogen-bond donors (Lipinski definition) is 1. The molecule has 4 nitrogen and oxygen atoms in total. The van der Waals surface area contributed by atoms with Gasteiger partial charge >= 0.3 is 0 Å². The second-order valence-electron chi connectivity index (χ2n) is 4.58. The van der Waals surface area contributed by atoms with Crippen molar-refractivity contribution < 1.29 is 0 Å². The molecule has 2 aromatic rings. The van der Waals surface area contributed by atoms with Crippen molar-refractivity contribution in [1.29, 1.82) is 0 Å². The molecular formula is C14H17ClN4. The molecule has 19 heavy (non-hydrogen) atoms. The SMILES string of the molecule is Cc1cnc(N)nc1N(C)C(C)c1cccc(Cl)c1. The maximum Gasteiger partial charge on any atom is 0.221 e. The maximum absolute atomic E-state index is 6.03. The number of rotatable bonds is 3. The molecule has 0 saturated heterocycles. The van der Waals surface area contributed by atoms with Gasteiger partial charge in [-0.2, -0.15) is 4.98 Å². The van der Waals surface area contributed by atoms with Crippen molar-refractivity contribution in [2.75, 3.05) is 17.7 Å². The van der Waals surface area contributed by atoms with Crippen LogP contribution in [0.3, 0.4) is 0 Å². The summed E-state index contributed by atoms with van der Waals surface area (Å²) in [4.78, 5) is 10.4. The Hall–Kier alpha value is -1.81. The van der Waals surface area contributed by atoms with Crippen LogP contribution in [0.1, 0.15) is 24.1 Å². The summed E-state index contributed by atoms with van der Waals surface area (Å²) in [6.07, 6.45) is 1.73. The Morgan fingerprint density at radius 2 is 2.11 bits per heavy atom. The van der Waals surface area contributed by atoms with E-state index in [0.29, 0.717) is 0 Å². The van der Waals surface area contributed by atoms with Crippen molar-refractivity contribution >= 4 is 23.4 Å². The van der Waals surface area contributed by atoms with Gasteiger partial charge in [-0.25, -0.2) is 4.98 Å². The van der Waals surface area contributed by atoms with Crippen LogP contribution in [-0.2, 0) is 0 Å². The van der Waals surface area contributed by atoms with E-state index in [0.717, 1.165) is 22.0 Å². The summed E-state index contributed by atoms with van der Waals surface area (Å²) in [6.45, 7) is 4.07. The van der Waals surface area contributed by atoms with Gasteiger partial charge in [0.05, 0.1) is 6.04 Å². The molecule has 5 heteroatoms. The lowest BCUT2D eigenvalue weighted by atomic mass is 10.1. The van der Waals surface area contributed by atoms with Crippen LogP contribution in [0.15, 0.2) is 30.5 Å². The second kappa shape index (κ2) is 5.45. The molecule has 0 saturated carbocycles. The third kappa shape index (κ3) is 2.96. The van der Waals surface area contributed by atoms with Crippen LogP contribution < -0.4 is 10.6 Å². The molecule has 0 fully saturated rings. The highest BCUT2D eigenvalue weighted by molar-refractivity contribution is 6.30. The van der Waals surface area contributed by atoms with Gasteiger partial charge in [-0.1, -0.05) is 23.7 Å². The molecule has 0 aliphatic rings. The number of hydrogen-bond acceptors (Lipinski definition) is 4. The van der Waals surface area contributed by atoms with E-state index < -0.39 is 0 Å². The highest BCUT2D eigenvalue weighted by Crippen LogP contribution is 2.27. The van der Waals surface area contributed by atoms with E-state index in [1.54, 1.807) is 6.20 Å². The van der Waals surface area contributed by atoms with Crippen LogP contribution in [0.5, 0.6) is 0 Å². The van der Waals surface area contributed by atoms with Crippen molar-refractivity contribution in [3.8, 4) is 0 Å². The number of halogens is 1. The fourth-order valence-corrected chi connectivity index (χ4v) is 2.18. The Morgan fingerprint density at radius 3 is 2.79 bits per heavy atom. The number of nitrogens with zero attached hydrogens (tertiary/aromatic N) is 3.